The van der Waals surface area contributed by atoms with Crippen LogP contribution in [0.4, 0.5) is 0 Å². The minimum atomic E-state index is -0.00387. The zero-order chi connectivity index (χ0) is 12.0. The van der Waals surface area contributed by atoms with Crippen LogP contribution in [-0.4, -0.2) is 30.6 Å². The van der Waals surface area contributed by atoms with Gasteiger partial charge in [0.2, 0.25) is 0 Å². The molecule has 0 spiro atoms. The van der Waals surface area contributed by atoms with E-state index in [1.54, 1.807) is 0 Å². The number of ether oxygens (including phenoxy) is 1. The van der Waals surface area contributed by atoms with Crippen LogP contribution in [-0.2, 0) is 0 Å². The SMILES string of the molecule is CC.CN1CCC(C)(Oc2ccccc2)C1. The van der Waals surface area contributed by atoms with Gasteiger partial charge in [-0.25, -0.2) is 0 Å². The fraction of sp³-hybridized carbons (Fsp3) is 0.571. The molecule has 0 radical (unpaired) electrons. The Morgan fingerprint density at radius 3 is 2.31 bits per heavy atom. The molecule has 2 nitrogen and oxygen atoms in total. The Hall–Kier alpha value is -1.02. The van der Waals surface area contributed by atoms with Crippen molar-refractivity contribution in [2.24, 2.45) is 0 Å². The number of benzene rings is 1. The Kier molecular flexibility index (Phi) is 4.81. The predicted molar refractivity (Wildman–Crippen MR) is 68.9 cm³/mol. The molecule has 1 unspecified atom stereocenters. The monoisotopic (exact) mass is 221 g/mol. The summed E-state index contributed by atoms with van der Waals surface area (Å²) in [7, 11) is 2.14. The quantitative estimate of drug-likeness (QED) is 0.760. The number of rotatable bonds is 2. The Morgan fingerprint density at radius 2 is 1.81 bits per heavy atom. The highest BCUT2D eigenvalue weighted by Crippen LogP contribution is 2.26. The van der Waals surface area contributed by atoms with Crippen molar-refractivity contribution in [1.82, 2.24) is 4.90 Å². The molecule has 90 valence electrons. The number of likely N-dealkylation sites (tertiary alicyclic amines) is 1. The molecule has 0 aliphatic carbocycles. The van der Waals surface area contributed by atoms with Gasteiger partial charge in [0.25, 0.3) is 0 Å². The second kappa shape index (κ2) is 5.90. The minimum absolute atomic E-state index is 0.00387. The average Bonchev–Trinajstić information content (AvgIpc) is 2.62. The first-order chi connectivity index (χ1) is 7.68. The van der Waals surface area contributed by atoms with Crippen LogP contribution < -0.4 is 4.74 Å². The zero-order valence-corrected chi connectivity index (χ0v) is 10.9. The van der Waals surface area contributed by atoms with Crippen molar-refractivity contribution < 1.29 is 4.74 Å². The second-order valence-electron chi connectivity index (χ2n) is 4.35. The summed E-state index contributed by atoms with van der Waals surface area (Å²) >= 11 is 0. The second-order valence-corrected chi connectivity index (χ2v) is 4.35. The fourth-order valence-electron chi connectivity index (χ4n) is 2.01. The third kappa shape index (κ3) is 3.53. The normalized spacial score (nSPS) is 24.8. The van der Waals surface area contributed by atoms with E-state index >= 15 is 0 Å². The molecule has 0 saturated carbocycles. The van der Waals surface area contributed by atoms with Crippen LogP contribution in [0.1, 0.15) is 27.2 Å². The Bertz CT molecular complexity index is 299. The summed E-state index contributed by atoms with van der Waals surface area (Å²) in [6.07, 6.45) is 1.11. The average molecular weight is 221 g/mol. The lowest BCUT2D eigenvalue weighted by molar-refractivity contribution is 0.0998. The van der Waals surface area contributed by atoms with Gasteiger partial charge in [-0.2, -0.15) is 0 Å². The van der Waals surface area contributed by atoms with Crippen LogP contribution >= 0.6 is 0 Å². The van der Waals surface area contributed by atoms with E-state index in [2.05, 4.69) is 18.9 Å². The van der Waals surface area contributed by atoms with E-state index in [0.29, 0.717) is 0 Å². The summed E-state index contributed by atoms with van der Waals surface area (Å²) in [5.74, 6) is 0.977. The van der Waals surface area contributed by atoms with Gasteiger partial charge >= 0.3 is 0 Å². The molecular formula is C14H23NO. The van der Waals surface area contributed by atoms with E-state index in [0.717, 1.165) is 25.3 Å². The largest absolute Gasteiger partial charge is 0.486 e. The van der Waals surface area contributed by atoms with E-state index < -0.39 is 0 Å². The third-order valence-corrected chi connectivity index (χ3v) is 2.73. The van der Waals surface area contributed by atoms with Crippen molar-refractivity contribution >= 4 is 0 Å². The topological polar surface area (TPSA) is 12.5 Å². The summed E-state index contributed by atoms with van der Waals surface area (Å²) in [5, 5.41) is 0. The Labute approximate surface area is 99.2 Å². The Balaban J connectivity index is 0.000000606. The van der Waals surface area contributed by atoms with Gasteiger partial charge in [-0.1, -0.05) is 32.0 Å². The van der Waals surface area contributed by atoms with Gasteiger partial charge in [-0.15, -0.1) is 0 Å². The minimum Gasteiger partial charge on any atom is -0.486 e. The molecule has 1 aromatic rings. The summed E-state index contributed by atoms with van der Waals surface area (Å²) in [6.45, 7) is 8.33. The zero-order valence-electron chi connectivity index (χ0n) is 10.9. The van der Waals surface area contributed by atoms with Crippen LogP contribution in [0.2, 0.25) is 0 Å². The van der Waals surface area contributed by atoms with Crippen LogP contribution in [0.15, 0.2) is 30.3 Å². The van der Waals surface area contributed by atoms with Crippen LogP contribution in [0, 0.1) is 0 Å². The Morgan fingerprint density at radius 1 is 1.19 bits per heavy atom. The highest BCUT2D eigenvalue weighted by molar-refractivity contribution is 5.22. The number of likely N-dealkylation sites (N-methyl/N-ethyl adjacent to an activating group) is 1. The molecule has 0 N–H and O–H groups in total. The van der Waals surface area contributed by atoms with Crippen molar-refractivity contribution in [2.75, 3.05) is 20.1 Å². The molecule has 16 heavy (non-hydrogen) atoms. The third-order valence-electron chi connectivity index (χ3n) is 2.73. The molecule has 1 atom stereocenters. The van der Waals surface area contributed by atoms with E-state index in [1.165, 1.54) is 0 Å². The van der Waals surface area contributed by atoms with Gasteiger partial charge in [-0.05, 0) is 26.1 Å². The summed E-state index contributed by atoms with van der Waals surface area (Å²) < 4.78 is 5.99. The number of para-hydroxylation sites is 1. The molecule has 1 aliphatic rings. The molecular weight excluding hydrogens is 198 g/mol. The molecule has 0 amide bonds. The van der Waals surface area contributed by atoms with E-state index in [1.807, 2.05) is 44.2 Å². The van der Waals surface area contributed by atoms with Gasteiger partial charge < -0.3 is 9.64 Å². The van der Waals surface area contributed by atoms with Gasteiger partial charge in [-0.3, -0.25) is 0 Å². The van der Waals surface area contributed by atoms with Crippen molar-refractivity contribution in [3.8, 4) is 5.75 Å². The van der Waals surface area contributed by atoms with Crippen LogP contribution in [0.3, 0.4) is 0 Å². The molecule has 1 fully saturated rings. The first-order valence-electron chi connectivity index (χ1n) is 6.11. The molecule has 1 heterocycles. The first kappa shape index (κ1) is 13.0. The van der Waals surface area contributed by atoms with Crippen LogP contribution in [0.25, 0.3) is 0 Å². The van der Waals surface area contributed by atoms with E-state index in [9.17, 15) is 0 Å². The molecule has 2 heteroatoms. The summed E-state index contributed by atoms with van der Waals surface area (Å²) in [4.78, 5) is 2.31. The van der Waals surface area contributed by atoms with Crippen LogP contribution in [0.5, 0.6) is 5.75 Å². The van der Waals surface area contributed by atoms with Gasteiger partial charge in [0.1, 0.15) is 11.4 Å². The van der Waals surface area contributed by atoms with Gasteiger partial charge in [0, 0.05) is 19.5 Å². The molecule has 1 aromatic carbocycles. The molecule has 2 rings (SSSR count). The lowest BCUT2D eigenvalue weighted by atomic mass is 10.1. The summed E-state index contributed by atoms with van der Waals surface area (Å²) in [5.41, 5.74) is -0.00387. The van der Waals surface area contributed by atoms with Crippen molar-refractivity contribution in [2.45, 2.75) is 32.8 Å². The van der Waals surface area contributed by atoms with Crippen molar-refractivity contribution in [3.05, 3.63) is 30.3 Å². The standard InChI is InChI=1S/C12H17NO.C2H6/c1-12(8-9-13(2)10-12)14-11-6-4-3-5-7-11;1-2/h3-7H,8-10H2,1-2H3;1-2H3. The molecule has 0 aromatic heterocycles. The number of hydrogen-bond acceptors (Lipinski definition) is 2. The fourth-order valence-corrected chi connectivity index (χ4v) is 2.01. The van der Waals surface area contributed by atoms with Gasteiger partial charge in [0.15, 0.2) is 0 Å². The molecule has 0 bridgehead atoms. The van der Waals surface area contributed by atoms with Crippen molar-refractivity contribution in [3.63, 3.8) is 0 Å². The van der Waals surface area contributed by atoms with E-state index in [-0.39, 0.29) is 5.60 Å². The lowest BCUT2D eigenvalue weighted by Crippen LogP contribution is -2.35. The highest BCUT2D eigenvalue weighted by atomic mass is 16.5. The maximum Gasteiger partial charge on any atom is 0.120 e. The maximum absolute atomic E-state index is 5.99. The highest BCUT2D eigenvalue weighted by Gasteiger charge is 2.33. The lowest BCUT2D eigenvalue weighted by Gasteiger charge is -2.25. The van der Waals surface area contributed by atoms with E-state index in [4.69, 9.17) is 4.74 Å². The smallest absolute Gasteiger partial charge is 0.120 e. The maximum atomic E-state index is 5.99. The molecule has 1 aliphatic heterocycles. The summed E-state index contributed by atoms with van der Waals surface area (Å²) in [6, 6.07) is 10.1. The van der Waals surface area contributed by atoms with Gasteiger partial charge in [0.05, 0.1) is 0 Å². The molecule has 1 saturated heterocycles. The first-order valence-corrected chi connectivity index (χ1v) is 6.11. The number of nitrogens with zero attached hydrogens (tertiary/aromatic N) is 1. The predicted octanol–water partition coefficient (Wildman–Crippen LogP) is 3.19. The number of hydrogen-bond donors (Lipinski definition) is 0. The van der Waals surface area contributed by atoms with Crippen molar-refractivity contribution in [1.29, 1.82) is 0 Å².